The molecule has 3 aromatic rings. The highest BCUT2D eigenvalue weighted by molar-refractivity contribution is 5.55. The zero-order valence-electron chi connectivity index (χ0n) is 12.4. The summed E-state index contributed by atoms with van der Waals surface area (Å²) in [5.41, 5.74) is -0.341. The maximum absolute atomic E-state index is 12.7. The molecule has 0 unspecified atom stereocenters. The van der Waals surface area contributed by atoms with E-state index < -0.39 is 11.7 Å². The third kappa shape index (κ3) is 3.34. The summed E-state index contributed by atoms with van der Waals surface area (Å²) in [5.74, 6) is 0.111. The molecule has 2 heterocycles. The van der Waals surface area contributed by atoms with E-state index in [1.165, 1.54) is 29.1 Å². The maximum atomic E-state index is 12.7. The van der Waals surface area contributed by atoms with Gasteiger partial charge in [0.2, 0.25) is 11.7 Å². The first-order chi connectivity index (χ1) is 11.3. The van der Waals surface area contributed by atoms with Crippen molar-refractivity contribution < 1.29 is 17.7 Å². The largest absolute Gasteiger partial charge is 0.416 e. The Morgan fingerprint density at radius 1 is 1.25 bits per heavy atom. The van der Waals surface area contributed by atoms with Crippen LogP contribution in [0.1, 0.15) is 17.1 Å². The number of aryl methyl sites for hydroxylation is 1. The maximum Gasteiger partial charge on any atom is 0.416 e. The summed E-state index contributed by atoms with van der Waals surface area (Å²) in [6.07, 6.45) is -3.12. The zero-order valence-corrected chi connectivity index (χ0v) is 12.4. The highest BCUT2D eigenvalue weighted by atomic mass is 19.4. The van der Waals surface area contributed by atoms with E-state index in [0.29, 0.717) is 5.69 Å². The van der Waals surface area contributed by atoms with Crippen molar-refractivity contribution in [2.75, 3.05) is 0 Å². The number of hydrogen-bond donors (Lipinski definition) is 0. The van der Waals surface area contributed by atoms with Gasteiger partial charge in [0.15, 0.2) is 0 Å². The Morgan fingerprint density at radius 3 is 2.75 bits per heavy atom. The summed E-state index contributed by atoms with van der Waals surface area (Å²) in [4.78, 5) is 19.8. The van der Waals surface area contributed by atoms with Crippen LogP contribution in [0.2, 0.25) is 0 Å². The molecule has 0 amide bonds. The standard InChI is InChI=1S/C15H11F3N4O2/c1-9-5-13(23)22(8-19-9)7-12-20-14(21-24-12)10-3-2-4-11(6-10)15(16,17)18/h2-6,8H,7H2,1H3. The molecule has 0 radical (unpaired) electrons. The number of alkyl halides is 3. The molecule has 0 aliphatic heterocycles. The minimum Gasteiger partial charge on any atom is -0.337 e. The van der Waals surface area contributed by atoms with E-state index in [1.807, 2.05) is 0 Å². The van der Waals surface area contributed by atoms with Crippen LogP contribution < -0.4 is 5.56 Å². The van der Waals surface area contributed by atoms with Gasteiger partial charge in [-0.25, -0.2) is 4.98 Å². The Hall–Kier alpha value is -2.97. The summed E-state index contributed by atoms with van der Waals surface area (Å²) in [7, 11) is 0. The van der Waals surface area contributed by atoms with Gasteiger partial charge in [-0.3, -0.25) is 9.36 Å². The lowest BCUT2D eigenvalue weighted by atomic mass is 10.1. The van der Waals surface area contributed by atoms with Gasteiger partial charge in [-0.15, -0.1) is 0 Å². The van der Waals surface area contributed by atoms with Crippen molar-refractivity contribution in [1.82, 2.24) is 19.7 Å². The van der Waals surface area contributed by atoms with Crippen LogP contribution in [0.25, 0.3) is 11.4 Å². The van der Waals surface area contributed by atoms with Crippen LogP contribution in [0.4, 0.5) is 13.2 Å². The molecule has 0 spiro atoms. The quantitative estimate of drug-likeness (QED) is 0.735. The molecule has 6 nitrogen and oxygen atoms in total. The molecule has 3 rings (SSSR count). The molecule has 0 fully saturated rings. The van der Waals surface area contributed by atoms with E-state index in [2.05, 4.69) is 15.1 Å². The molecular formula is C15H11F3N4O2. The van der Waals surface area contributed by atoms with E-state index >= 15 is 0 Å². The van der Waals surface area contributed by atoms with E-state index in [4.69, 9.17) is 4.52 Å². The summed E-state index contributed by atoms with van der Waals surface area (Å²) in [6.45, 7) is 1.67. The lowest BCUT2D eigenvalue weighted by Gasteiger charge is -2.06. The third-order valence-electron chi connectivity index (χ3n) is 3.24. The summed E-state index contributed by atoms with van der Waals surface area (Å²) in [6, 6.07) is 5.96. The van der Waals surface area contributed by atoms with Gasteiger partial charge in [0.25, 0.3) is 5.56 Å². The lowest BCUT2D eigenvalue weighted by Crippen LogP contribution is -2.20. The molecule has 0 bridgehead atoms. The summed E-state index contributed by atoms with van der Waals surface area (Å²) in [5, 5.41) is 3.66. The predicted molar refractivity (Wildman–Crippen MR) is 77.1 cm³/mol. The molecule has 1 aromatic carbocycles. The fraction of sp³-hybridized carbons (Fsp3) is 0.200. The molecule has 0 atom stereocenters. The SMILES string of the molecule is Cc1cc(=O)n(Cc2nc(-c3cccc(C(F)(F)F)c3)no2)cn1. The minimum atomic E-state index is -4.45. The molecule has 0 saturated heterocycles. The number of rotatable bonds is 3. The summed E-state index contributed by atoms with van der Waals surface area (Å²) < 4.78 is 44.5. The second-order valence-corrected chi connectivity index (χ2v) is 5.09. The Morgan fingerprint density at radius 2 is 2.04 bits per heavy atom. The van der Waals surface area contributed by atoms with Gasteiger partial charge in [-0.2, -0.15) is 18.2 Å². The third-order valence-corrected chi connectivity index (χ3v) is 3.24. The molecule has 9 heteroatoms. The Kier molecular flexibility index (Phi) is 3.92. The van der Waals surface area contributed by atoms with E-state index in [0.717, 1.165) is 12.1 Å². The number of hydrogen-bond acceptors (Lipinski definition) is 5. The normalized spacial score (nSPS) is 11.7. The van der Waals surface area contributed by atoms with Gasteiger partial charge in [-0.05, 0) is 19.1 Å². The second kappa shape index (κ2) is 5.91. The molecule has 0 N–H and O–H groups in total. The van der Waals surface area contributed by atoms with Crippen LogP contribution in [0.15, 0.2) is 46.0 Å². The smallest absolute Gasteiger partial charge is 0.337 e. The average molecular weight is 336 g/mol. The Balaban J connectivity index is 1.87. The minimum absolute atomic E-state index is 0.0158. The molecule has 2 aromatic heterocycles. The van der Waals surface area contributed by atoms with Crippen molar-refractivity contribution in [1.29, 1.82) is 0 Å². The van der Waals surface area contributed by atoms with Crippen molar-refractivity contribution in [2.45, 2.75) is 19.6 Å². The zero-order chi connectivity index (χ0) is 17.3. The van der Waals surface area contributed by atoms with Crippen LogP contribution in [0, 0.1) is 6.92 Å². The topological polar surface area (TPSA) is 73.8 Å². The highest BCUT2D eigenvalue weighted by Crippen LogP contribution is 2.31. The van der Waals surface area contributed by atoms with Crippen molar-refractivity contribution in [2.24, 2.45) is 0 Å². The van der Waals surface area contributed by atoms with Gasteiger partial charge in [0.05, 0.1) is 11.9 Å². The predicted octanol–water partition coefficient (Wildman–Crippen LogP) is 2.67. The van der Waals surface area contributed by atoms with Crippen molar-refractivity contribution >= 4 is 0 Å². The number of halogens is 3. The average Bonchev–Trinajstić information content (AvgIpc) is 2.98. The molecule has 0 aliphatic carbocycles. The lowest BCUT2D eigenvalue weighted by molar-refractivity contribution is -0.137. The van der Waals surface area contributed by atoms with Crippen molar-refractivity contribution in [3.05, 3.63) is 64.2 Å². The first kappa shape index (κ1) is 15.9. The van der Waals surface area contributed by atoms with Crippen molar-refractivity contribution in [3.8, 4) is 11.4 Å². The van der Waals surface area contributed by atoms with Gasteiger partial charge in [0.1, 0.15) is 6.54 Å². The van der Waals surface area contributed by atoms with Crippen LogP contribution in [-0.4, -0.2) is 19.7 Å². The van der Waals surface area contributed by atoms with Crippen molar-refractivity contribution in [3.63, 3.8) is 0 Å². The van der Waals surface area contributed by atoms with Gasteiger partial charge in [0, 0.05) is 17.3 Å². The first-order valence-corrected chi connectivity index (χ1v) is 6.86. The van der Waals surface area contributed by atoms with Gasteiger partial charge in [-0.1, -0.05) is 17.3 Å². The Bertz CT molecular complexity index is 931. The number of benzene rings is 1. The fourth-order valence-electron chi connectivity index (χ4n) is 2.05. The first-order valence-electron chi connectivity index (χ1n) is 6.86. The molecular weight excluding hydrogens is 325 g/mol. The number of aromatic nitrogens is 4. The van der Waals surface area contributed by atoms with Crippen LogP contribution in [0.3, 0.4) is 0 Å². The number of nitrogens with zero attached hydrogens (tertiary/aromatic N) is 4. The molecule has 0 aliphatic rings. The van der Waals surface area contributed by atoms with Crippen LogP contribution >= 0.6 is 0 Å². The summed E-state index contributed by atoms with van der Waals surface area (Å²) >= 11 is 0. The highest BCUT2D eigenvalue weighted by Gasteiger charge is 2.30. The fourth-order valence-corrected chi connectivity index (χ4v) is 2.05. The molecule has 0 saturated carbocycles. The van der Waals surface area contributed by atoms with Gasteiger partial charge < -0.3 is 4.52 Å². The van der Waals surface area contributed by atoms with Gasteiger partial charge >= 0.3 is 6.18 Å². The van der Waals surface area contributed by atoms with Crippen LogP contribution in [0.5, 0.6) is 0 Å². The van der Waals surface area contributed by atoms with E-state index in [1.54, 1.807) is 6.92 Å². The van der Waals surface area contributed by atoms with E-state index in [-0.39, 0.29) is 29.4 Å². The Labute approximate surface area is 133 Å². The molecule has 24 heavy (non-hydrogen) atoms. The van der Waals surface area contributed by atoms with Crippen LogP contribution in [-0.2, 0) is 12.7 Å². The second-order valence-electron chi connectivity index (χ2n) is 5.09. The van der Waals surface area contributed by atoms with E-state index in [9.17, 15) is 18.0 Å². The molecule has 124 valence electrons. The monoisotopic (exact) mass is 336 g/mol.